The van der Waals surface area contributed by atoms with Crippen molar-refractivity contribution in [1.29, 1.82) is 0 Å². The van der Waals surface area contributed by atoms with Crippen LogP contribution in [-0.4, -0.2) is 23.2 Å². The summed E-state index contributed by atoms with van der Waals surface area (Å²) in [6, 6.07) is 15.1. The molecule has 1 unspecified atom stereocenters. The molecule has 0 bridgehead atoms. The second-order valence-corrected chi connectivity index (χ2v) is 6.88. The highest BCUT2D eigenvalue weighted by molar-refractivity contribution is 6.32. The van der Waals surface area contributed by atoms with Crippen LogP contribution in [0.5, 0.6) is 0 Å². The molecule has 0 radical (unpaired) electrons. The molecular formula is C21H20ClNO2. The number of carbonyl (C=O) groups is 1. The van der Waals surface area contributed by atoms with Crippen LogP contribution < -0.4 is 4.90 Å². The molecule has 1 aliphatic heterocycles. The first-order chi connectivity index (χ1) is 11.8. The van der Waals surface area contributed by atoms with Gasteiger partial charge in [-0.15, -0.1) is 0 Å². The summed E-state index contributed by atoms with van der Waals surface area (Å²) in [7, 11) is 0. The number of rotatable bonds is 2. The fourth-order valence-electron chi connectivity index (χ4n) is 2.86. The zero-order valence-corrected chi connectivity index (χ0v) is 15.0. The monoisotopic (exact) mass is 353 g/mol. The standard InChI is InChI=1S/C21H20ClNO2/c1-14-8-10-18(11-9-14)23-13-17(21(3,25)15(2)20(23)24)12-16-6-4-5-7-19(16)22/h4-12,25H,2,13H2,1,3H3/b17-12+. The highest BCUT2D eigenvalue weighted by Gasteiger charge is 2.41. The third-order valence-electron chi connectivity index (χ3n) is 4.63. The van der Waals surface area contributed by atoms with Crippen LogP contribution in [0.2, 0.25) is 5.02 Å². The van der Waals surface area contributed by atoms with E-state index in [0.29, 0.717) is 10.6 Å². The Kier molecular flexibility index (Phi) is 4.55. The third kappa shape index (κ3) is 3.26. The first kappa shape index (κ1) is 17.5. The van der Waals surface area contributed by atoms with Crippen LogP contribution in [0.15, 0.2) is 66.3 Å². The second-order valence-electron chi connectivity index (χ2n) is 6.47. The van der Waals surface area contributed by atoms with Gasteiger partial charge in [0.1, 0.15) is 5.60 Å². The van der Waals surface area contributed by atoms with Gasteiger partial charge in [0.15, 0.2) is 0 Å². The van der Waals surface area contributed by atoms with Crippen molar-refractivity contribution in [2.24, 2.45) is 0 Å². The Morgan fingerprint density at radius 2 is 1.84 bits per heavy atom. The van der Waals surface area contributed by atoms with E-state index < -0.39 is 5.60 Å². The van der Waals surface area contributed by atoms with Crippen LogP contribution >= 0.6 is 11.6 Å². The van der Waals surface area contributed by atoms with E-state index in [2.05, 4.69) is 6.58 Å². The topological polar surface area (TPSA) is 40.5 Å². The number of carbonyl (C=O) groups excluding carboxylic acids is 1. The summed E-state index contributed by atoms with van der Waals surface area (Å²) < 4.78 is 0. The van der Waals surface area contributed by atoms with Gasteiger partial charge >= 0.3 is 0 Å². The van der Waals surface area contributed by atoms with Gasteiger partial charge in [0.25, 0.3) is 5.91 Å². The summed E-state index contributed by atoms with van der Waals surface area (Å²) in [5.41, 5.74) is 2.11. The number of hydrogen-bond acceptors (Lipinski definition) is 2. The fraction of sp³-hybridized carbons (Fsp3) is 0.190. The van der Waals surface area contributed by atoms with Gasteiger partial charge in [-0.05, 0) is 49.3 Å². The predicted molar refractivity (Wildman–Crippen MR) is 103 cm³/mol. The Hall–Kier alpha value is -2.36. The SMILES string of the molecule is C=C1C(=O)N(c2ccc(C)cc2)C/C(=C\c2ccccc2Cl)C1(C)O. The first-order valence-corrected chi connectivity index (χ1v) is 8.44. The molecule has 3 nitrogen and oxygen atoms in total. The van der Waals surface area contributed by atoms with Crippen molar-refractivity contribution in [1.82, 2.24) is 0 Å². The minimum absolute atomic E-state index is 0.151. The van der Waals surface area contributed by atoms with Crippen molar-refractivity contribution < 1.29 is 9.90 Å². The van der Waals surface area contributed by atoms with Gasteiger partial charge in [-0.1, -0.05) is 54.1 Å². The highest BCUT2D eigenvalue weighted by atomic mass is 35.5. The number of piperidine rings is 1. The molecule has 25 heavy (non-hydrogen) atoms. The van der Waals surface area contributed by atoms with Crippen molar-refractivity contribution in [3.8, 4) is 0 Å². The average Bonchev–Trinajstić information content (AvgIpc) is 2.58. The highest BCUT2D eigenvalue weighted by Crippen LogP contribution is 2.36. The number of aryl methyl sites for hydroxylation is 1. The number of anilines is 1. The minimum atomic E-state index is -1.41. The number of nitrogens with zero attached hydrogens (tertiary/aromatic N) is 1. The Morgan fingerprint density at radius 3 is 2.48 bits per heavy atom. The second kappa shape index (κ2) is 6.51. The van der Waals surface area contributed by atoms with E-state index in [1.165, 1.54) is 0 Å². The molecule has 2 aromatic carbocycles. The summed E-state index contributed by atoms with van der Waals surface area (Å²) in [6.45, 7) is 7.71. The van der Waals surface area contributed by atoms with Crippen molar-refractivity contribution in [2.45, 2.75) is 19.4 Å². The maximum absolute atomic E-state index is 12.7. The zero-order chi connectivity index (χ0) is 18.2. The Labute approximate surface area is 152 Å². The molecule has 1 heterocycles. The molecule has 0 spiro atoms. The summed E-state index contributed by atoms with van der Waals surface area (Å²) in [4.78, 5) is 14.3. The van der Waals surface area contributed by atoms with E-state index in [9.17, 15) is 9.90 Å². The summed E-state index contributed by atoms with van der Waals surface area (Å²) in [6.07, 6.45) is 1.83. The van der Waals surface area contributed by atoms with Crippen LogP contribution in [0.4, 0.5) is 5.69 Å². The first-order valence-electron chi connectivity index (χ1n) is 8.06. The predicted octanol–water partition coefficient (Wildman–Crippen LogP) is 4.39. The molecule has 1 fully saturated rings. The number of halogens is 1. The van der Waals surface area contributed by atoms with Crippen molar-refractivity contribution in [3.05, 3.63) is 82.4 Å². The van der Waals surface area contributed by atoms with Crippen LogP contribution in [0.3, 0.4) is 0 Å². The largest absolute Gasteiger partial charge is 0.381 e. The molecule has 1 atom stereocenters. The molecule has 4 heteroatoms. The third-order valence-corrected chi connectivity index (χ3v) is 4.97. The van der Waals surface area contributed by atoms with Crippen molar-refractivity contribution in [2.75, 3.05) is 11.4 Å². The molecule has 0 saturated carbocycles. The van der Waals surface area contributed by atoms with Gasteiger partial charge in [0, 0.05) is 16.3 Å². The van der Waals surface area contributed by atoms with Crippen LogP contribution in [0.25, 0.3) is 6.08 Å². The summed E-state index contributed by atoms with van der Waals surface area (Å²) in [5.74, 6) is -0.273. The Balaban J connectivity index is 2.05. The van der Waals surface area contributed by atoms with Gasteiger partial charge in [-0.25, -0.2) is 0 Å². The van der Waals surface area contributed by atoms with Gasteiger partial charge in [-0.3, -0.25) is 4.79 Å². The maximum Gasteiger partial charge on any atom is 0.257 e. The lowest BCUT2D eigenvalue weighted by molar-refractivity contribution is -0.117. The van der Waals surface area contributed by atoms with E-state index >= 15 is 0 Å². The van der Waals surface area contributed by atoms with E-state index in [-0.39, 0.29) is 18.0 Å². The number of hydrogen-bond donors (Lipinski definition) is 1. The molecule has 3 rings (SSSR count). The van der Waals surface area contributed by atoms with Crippen LogP contribution in [0.1, 0.15) is 18.1 Å². The summed E-state index contributed by atoms with van der Waals surface area (Å²) in [5, 5.41) is 11.5. The van der Waals surface area contributed by atoms with Crippen molar-refractivity contribution in [3.63, 3.8) is 0 Å². The van der Waals surface area contributed by atoms with E-state index in [0.717, 1.165) is 16.8 Å². The maximum atomic E-state index is 12.7. The molecule has 1 aliphatic rings. The van der Waals surface area contributed by atoms with E-state index in [1.807, 2.05) is 55.5 Å². The quantitative estimate of drug-likeness (QED) is 0.813. The lowest BCUT2D eigenvalue weighted by atomic mass is 9.82. The Morgan fingerprint density at radius 1 is 1.20 bits per heavy atom. The van der Waals surface area contributed by atoms with Gasteiger partial charge in [-0.2, -0.15) is 0 Å². The summed E-state index contributed by atoms with van der Waals surface area (Å²) >= 11 is 6.24. The number of amides is 1. The zero-order valence-electron chi connectivity index (χ0n) is 14.3. The van der Waals surface area contributed by atoms with E-state index in [4.69, 9.17) is 11.6 Å². The van der Waals surface area contributed by atoms with Crippen LogP contribution in [0, 0.1) is 6.92 Å². The molecule has 0 aliphatic carbocycles. The smallest absolute Gasteiger partial charge is 0.257 e. The lowest BCUT2D eigenvalue weighted by Gasteiger charge is -2.39. The minimum Gasteiger partial charge on any atom is -0.381 e. The molecule has 128 valence electrons. The molecule has 1 N–H and O–H groups in total. The fourth-order valence-corrected chi connectivity index (χ4v) is 3.05. The van der Waals surface area contributed by atoms with E-state index in [1.54, 1.807) is 17.9 Å². The molecule has 2 aromatic rings. The van der Waals surface area contributed by atoms with Crippen molar-refractivity contribution >= 4 is 29.3 Å². The molecule has 1 saturated heterocycles. The van der Waals surface area contributed by atoms with Crippen LogP contribution in [-0.2, 0) is 4.79 Å². The molecule has 1 amide bonds. The lowest BCUT2D eigenvalue weighted by Crippen LogP contribution is -2.50. The Bertz CT molecular complexity index is 866. The molecular weight excluding hydrogens is 334 g/mol. The molecule has 0 aromatic heterocycles. The average molecular weight is 354 g/mol. The number of benzene rings is 2. The van der Waals surface area contributed by atoms with Gasteiger partial charge < -0.3 is 10.0 Å². The normalized spacial score (nSPS) is 22.6. The number of aliphatic hydroxyl groups is 1. The van der Waals surface area contributed by atoms with Gasteiger partial charge in [0.05, 0.1) is 6.54 Å². The van der Waals surface area contributed by atoms with Gasteiger partial charge in [0.2, 0.25) is 0 Å².